The van der Waals surface area contributed by atoms with Crippen LogP contribution in [0.15, 0.2) is 30.3 Å². The standard InChI is InChI=1S/C12H5N2O/c13-6-8-4-9-2-1-3-10(7-14)12(9)11(15)5-8/h1-5H. The highest BCUT2D eigenvalue weighted by atomic mass is 16.3. The van der Waals surface area contributed by atoms with Gasteiger partial charge in [0, 0.05) is 11.5 Å². The van der Waals surface area contributed by atoms with Crippen LogP contribution >= 0.6 is 0 Å². The van der Waals surface area contributed by atoms with Crippen LogP contribution < -0.4 is 0 Å². The van der Waals surface area contributed by atoms with Gasteiger partial charge in [0.1, 0.15) is 0 Å². The molecule has 0 atom stereocenters. The van der Waals surface area contributed by atoms with E-state index in [9.17, 15) is 5.11 Å². The summed E-state index contributed by atoms with van der Waals surface area (Å²) in [6.07, 6.45) is 0. The molecule has 0 bridgehead atoms. The van der Waals surface area contributed by atoms with E-state index in [0.717, 1.165) is 0 Å². The van der Waals surface area contributed by atoms with Crippen molar-refractivity contribution >= 4 is 10.8 Å². The zero-order chi connectivity index (χ0) is 10.8. The lowest BCUT2D eigenvalue weighted by atomic mass is 10.0. The van der Waals surface area contributed by atoms with E-state index in [4.69, 9.17) is 10.5 Å². The smallest absolute Gasteiger partial charge is 0.189 e. The SMILES string of the molecule is N#Cc1cc([O])c2c(C#N)cccc2c1. The van der Waals surface area contributed by atoms with E-state index in [0.29, 0.717) is 21.9 Å². The van der Waals surface area contributed by atoms with Gasteiger partial charge in [-0.25, -0.2) is 0 Å². The minimum Gasteiger partial charge on any atom is -0.289 e. The largest absolute Gasteiger partial charge is 0.289 e. The number of rotatable bonds is 0. The molecule has 3 nitrogen and oxygen atoms in total. The third-order valence-electron chi connectivity index (χ3n) is 2.19. The highest BCUT2D eigenvalue weighted by molar-refractivity contribution is 5.93. The van der Waals surface area contributed by atoms with Crippen LogP contribution in [0.5, 0.6) is 5.75 Å². The maximum Gasteiger partial charge on any atom is 0.189 e. The van der Waals surface area contributed by atoms with Crippen LogP contribution in [0.4, 0.5) is 0 Å². The number of hydrogen-bond donors (Lipinski definition) is 0. The molecule has 0 heterocycles. The summed E-state index contributed by atoms with van der Waals surface area (Å²) in [7, 11) is 0. The molecule has 0 fully saturated rings. The molecule has 0 aliphatic heterocycles. The Morgan fingerprint density at radius 1 is 1.07 bits per heavy atom. The fourth-order valence-electron chi connectivity index (χ4n) is 1.55. The maximum atomic E-state index is 11.6. The van der Waals surface area contributed by atoms with E-state index in [1.165, 1.54) is 6.07 Å². The average Bonchev–Trinajstić information content (AvgIpc) is 2.27. The Morgan fingerprint density at radius 2 is 1.87 bits per heavy atom. The van der Waals surface area contributed by atoms with Gasteiger partial charge in [-0.15, -0.1) is 0 Å². The summed E-state index contributed by atoms with van der Waals surface area (Å²) in [6, 6.07) is 11.8. The Kier molecular flexibility index (Phi) is 2.00. The molecule has 0 N–H and O–H groups in total. The molecule has 0 aliphatic carbocycles. The first-order valence-electron chi connectivity index (χ1n) is 4.30. The zero-order valence-electron chi connectivity index (χ0n) is 7.69. The lowest BCUT2D eigenvalue weighted by molar-refractivity contribution is 0.360. The van der Waals surface area contributed by atoms with Gasteiger partial charge in [-0.1, -0.05) is 12.1 Å². The first kappa shape index (κ1) is 9.05. The number of nitrogens with zero attached hydrogens (tertiary/aromatic N) is 2. The molecule has 15 heavy (non-hydrogen) atoms. The van der Waals surface area contributed by atoms with Crippen molar-refractivity contribution in [2.24, 2.45) is 0 Å². The van der Waals surface area contributed by atoms with E-state index < -0.39 is 0 Å². The van der Waals surface area contributed by atoms with Crippen molar-refractivity contribution in [3.8, 4) is 17.9 Å². The summed E-state index contributed by atoms with van der Waals surface area (Å²) < 4.78 is 0. The van der Waals surface area contributed by atoms with Crippen LogP contribution in [0, 0.1) is 22.7 Å². The predicted octanol–water partition coefficient (Wildman–Crippen LogP) is 2.73. The van der Waals surface area contributed by atoms with Gasteiger partial charge in [0.05, 0.1) is 23.3 Å². The van der Waals surface area contributed by atoms with Gasteiger partial charge in [0.2, 0.25) is 0 Å². The maximum absolute atomic E-state index is 11.6. The molecule has 0 saturated heterocycles. The quantitative estimate of drug-likeness (QED) is 0.645. The van der Waals surface area contributed by atoms with Crippen molar-refractivity contribution < 1.29 is 5.11 Å². The summed E-state index contributed by atoms with van der Waals surface area (Å²) in [6.45, 7) is 0. The summed E-state index contributed by atoms with van der Waals surface area (Å²) in [5.74, 6) is -0.277. The molecule has 2 aromatic rings. The van der Waals surface area contributed by atoms with Crippen molar-refractivity contribution in [2.45, 2.75) is 0 Å². The van der Waals surface area contributed by atoms with Crippen LogP contribution in [-0.4, -0.2) is 0 Å². The van der Waals surface area contributed by atoms with E-state index in [2.05, 4.69) is 0 Å². The minimum absolute atomic E-state index is 0.277. The van der Waals surface area contributed by atoms with Crippen molar-refractivity contribution in [2.75, 3.05) is 0 Å². The fourth-order valence-corrected chi connectivity index (χ4v) is 1.55. The molecule has 2 aromatic carbocycles. The molecule has 0 unspecified atom stereocenters. The van der Waals surface area contributed by atoms with Gasteiger partial charge >= 0.3 is 0 Å². The highest BCUT2D eigenvalue weighted by Crippen LogP contribution is 2.29. The first-order chi connectivity index (χ1) is 7.26. The number of benzene rings is 2. The third kappa shape index (κ3) is 1.37. The van der Waals surface area contributed by atoms with E-state index in [1.54, 1.807) is 24.3 Å². The van der Waals surface area contributed by atoms with Gasteiger partial charge in [-0.3, -0.25) is 5.11 Å². The van der Waals surface area contributed by atoms with Gasteiger partial charge in [-0.05, 0) is 17.5 Å². The molecule has 2 rings (SSSR count). The molecule has 0 saturated carbocycles. The summed E-state index contributed by atoms with van der Waals surface area (Å²) >= 11 is 0. The number of fused-ring (bicyclic) bond motifs is 1. The van der Waals surface area contributed by atoms with Crippen molar-refractivity contribution in [3.63, 3.8) is 0 Å². The zero-order valence-corrected chi connectivity index (χ0v) is 7.69. The topological polar surface area (TPSA) is 67.5 Å². The Morgan fingerprint density at radius 3 is 2.53 bits per heavy atom. The Hall–Kier alpha value is -2.52. The second-order valence-corrected chi connectivity index (χ2v) is 3.10. The second kappa shape index (κ2) is 3.32. The molecule has 69 valence electrons. The van der Waals surface area contributed by atoms with Crippen LogP contribution in [0.25, 0.3) is 10.8 Å². The van der Waals surface area contributed by atoms with Gasteiger partial charge < -0.3 is 0 Å². The predicted molar refractivity (Wildman–Crippen MR) is 53.5 cm³/mol. The molecule has 1 radical (unpaired) electrons. The van der Waals surface area contributed by atoms with E-state index >= 15 is 0 Å². The molecule has 0 aromatic heterocycles. The highest BCUT2D eigenvalue weighted by Gasteiger charge is 2.08. The molecule has 0 amide bonds. The number of hydrogen-bond acceptors (Lipinski definition) is 2. The van der Waals surface area contributed by atoms with Gasteiger partial charge in [0.15, 0.2) is 5.75 Å². The average molecular weight is 193 g/mol. The molecular weight excluding hydrogens is 188 g/mol. The lowest BCUT2D eigenvalue weighted by Gasteiger charge is -2.01. The second-order valence-electron chi connectivity index (χ2n) is 3.10. The summed E-state index contributed by atoms with van der Waals surface area (Å²) in [5, 5.41) is 30.2. The molecule has 0 spiro atoms. The Balaban J connectivity index is 2.94. The van der Waals surface area contributed by atoms with Gasteiger partial charge in [0.25, 0.3) is 0 Å². The lowest BCUT2D eigenvalue weighted by Crippen LogP contribution is -1.82. The van der Waals surface area contributed by atoms with Crippen molar-refractivity contribution in [3.05, 3.63) is 41.5 Å². The summed E-state index contributed by atoms with van der Waals surface area (Å²) in [4.78, 5) is 0. The Labute approximate surface area is 86.4 Å². The van der Waals surface area contributed by atoms with Crippen LogP contribution in [0.2, 0.25) is 0 Å². The molecular formula is C12H5N2O. The fraction of sp³-hybridized carbons (Fsp3) is 0. The van der Waals surface area contributed by atoms with Crippen molar-refractivity contribution in [1.82, 2.24) is 0 Å². The first-order valence-corrected chi connectivity index (χ1v) is 4.30. The Bertz CT molecular complexity index is 618. The minimum atomic E-state index is -0.277. The van der Waals surface area contributed by atoms with Gasteiger partial charge in [-0.2, -0.15) is 10.5 Å². The van der Waals surface area contributed by atoms with Crippen molar-refractivity contribution in [1.29, 1.82) is 10.5 Å². The molecule has 0 aliphatic rings. The number of nitriles is 2. The van der Waals surface area contributed by atoms with Crippen LogP contribution in [-0.2, 0) is 5.11 Å². The van der Waals surface area contributed by atoms with Crippen LogP contribution in [0.1, 0.15) is 11.1 Å². The normalized spacial score (nSPS) is 9.47. The van der Waals surface area contributed by atoms with Crippen LogP contribution in [0.3, 0.4) is 0 Å². The third-order valence-corrected chi connectivity index (χ3v) is 2.19. The molecule has 3 heteroatoms. The monoisotopic (exact) mass is 193 g/mol. The van der Waals surface area contributed by atoms with E-state index in [-0.39, 0.29) is 5.75 Å². The van der Waals surface area contributed by atoms with E-state index in [1.807, 2.05) is 12.1 Å². The summed E-state index contributed by atoms with van der Waals surface area (Å²) in [5.41, 5.74) is 0.671.